The molecule has 3 amide bonds. The van der Waals surface area contributed by atoms with E-state index in [1.54, 1.807) is 29.2 Å². The lowest BCUT2D eigenvalue weighted by Crippen LogP contribution is -2.51. The van der Waals surface area contributed by atoms with Crippen molar-refractivity contribution in [1.29, 1.82) is 0 Å². The normalized spacial score (nSPS) is 20.1. The molecule has 0 fully saturated rings. The minimum absolute atomic E-state index is 0.137. The number of nitrogens with zero attached hydrogens (tertiary/aromatic N) is 2. The molecule has 7 heteroatoms. The fourth-order valence-electron chi connectivity index (χ4n) is 6.09. The first-order valence-corrected chi connectivity index (χ1v) is 12.3. The van der Waals surface area contributed by atoms with Gasteiger partial charge in [-0.2, -0.15) is 0 Å². The summed E-state index contributed by atoms with van der Waals surface area (Å²) < 4.78 is 0. The van der Waals surface area contributed by atoms with Crippen molar-refractivity contribution < 1.29 is 14.4 Å². The van der Waals surface area contributed by atoms with Crippen LogP contribution in [0.25, 0.3) is 10.9 Å². The second-order valence-corrected chi connectivity index (χ2v) is 9.66. The molecule has 7 rings (SSSR count). The maximum absolute atomic E-state index is 13.6. The molecule has 2 atom stereocenters. The Bertz CT molecular complexity index is 1570. The van der Waals surface area contributed by atoms with E-state index in [2.05, 4.69) is 22.4 Å². The lowest BCUT2D eigenvalue weighted by atomic mass is 9.91. The number of aromatic nitrogens is 1. The third-order valence-corrected chi connectivity index (χ3v) is 7.65. The van der Waals surface area contributed by atoms with Crippen LogP contribution < -0.4 is 10.2 Å². The molecule has 7 nitrogen and oxygen atoms in total. The van der Waals surface area contributed by atoms with Gasteiger partial charge in [0, 0.05) is 27.7 Å². The first kappa shape index (κ1) is 20.9. The fourth-order valence-corrected chi connectivity index (χ4v) is 6.09. The molecule has 178 valence electrons. The lowest BCUT2D eigenvalue weighted by Gasteiger charge is -2.40. The average Bonchev–Trinajstić information content (AvgIpc) is 3.43. The van der Waals surface area contributed by atoms with Crippen LogP contribution >= 0.6 is 0 Å². The number of rotatable bonds is 3. The number of hydrogen-bond acceptors (Lipinski definition) is 3. The summed E-state index contributed by atoms with van der Waals surface area (Å²) in [5.74, 6) is -0.645. The van der Waals surface area contributed by atoms with E-state index >= 15 is 0 Å². The number of benzene rings is 3. The maximum Gasteiger partial charge on any atom is 0.260 e. The number of nitrogens with one attached hydrogen (secondary N) is 2. The summed E-state index contributed by atoms with van der Waals surface area (Å²) in [6.07, 6.45) is 2.15. The van der Waals surface area contributed by atoms with Gasteiger partial charge in [-0.05, 0) is 49.1 Å². The van der Waals surface area contributed by atoms with Gasteiger partial charge in [0.05, 0.1) is 17.3 Å². The Morgan fingerprint density at radius 1 is 0.917 bits per heavy atom. The van der Waals surface area contributed by atoms with Crippen LogP contribution in [0.15, 0.2) is 72.8 Å². The predicted octanol–water partition coefficient (Wildman–Crippen LogP) is 4.48. The minimum Gasteiger partial charge on any atom is -0.356 e. The summed E-state index contributed by atoms with van der Waals surface area (Å²) in [7, 11) is 0. The highest BCUT2D eigenvalue weighted by Gasteiger charge is 2.48. The van der Waals surface area contributed by atoms with Crippen LogP contribution in [0, 0.1) is 0 Å². The molecular formula is C29H24N4O3. The van der Waals surface area contributed by atoms with Gasteiger partial charge >= 0.3 is 0 Å². The summed E-state index contributed by atoms with van der Waals surface area (Å²) in [5, 5.41) is 4.38. The molecular weight excluding hydrogens is 452 g/mol. The topological polar surface area (TPSA) is 85.5 Å². The van der Waals surface area contributed by atoms with Crippen molar-refractivity contribution in [2.45, 2.75) is 31.5 Å². The van der Waals surface area contributed by atoms with Crippen molar-refractivity contribution >= 4 is 34.3 Å². The van der Waals surface area contributed by atoms with E-state index < -0.39 is 6.17 Å². The van der Waals surface area contributed by atoms with Crippen LogP contribution in [-0.2, 0) is 11.2 Å². The van der Waals surface area contributed by atoms with Crippen molar-refractivity contribution in [2.24, 2.45) is 0 Å². The van der Waals surface area contributed by atoms with E-state index in [4.69, 9.17) is 0 Å². The molecule has 1 aliphatic carbocycles. The first-order chi connectivity index (χ1) is 17.6. The summed E-state index contributed by atoms with van der Waals surface area (Å²) in [6, 6.07) is 22.5. The minimum atomic E-state index is -0.642. The van der Waals surface area contributed by atoms with Crippen molar-refractivity contribution in [3.8, 4) is 0 Å². The quantitative estimate of drug-likeness (QED) is 0.457. The molecule has 0 saturated carbocycles. The number of fused-ring (bicyclic) bond motifs is 8. The molecule has 2 N–H and O–H groups in total. The molecule has 1 aromatic heterocycles. The largest absolute Gasteiger partial charge is 0.356 e. The molecule has 3 aromatic carbocycles. The Labute approximate surface area is 207 Å². The van der Waals surface area contributed by atoms with Gasteiger partial charge in [-0.3, -0.25) is 19.3 Å². The SMILES string of the molecule is O=C(CN1C(=O)c2ccccc2N2C(=O)c3ccccc3[C@@H]12)N[C@@H]1CCCc2c1[nH]c1ccccc21. The number of H-pyrrole nitrogens is 1. The van der Waals surface area contributed by atoms with Crippen molar-refractivity contribution in [1.82, 2.24) is 15.2 Å². The Kier molecular flexibility index (Phi) is 4.54. The van der Waals surface area contributed by atoms with Gasteiger partial charge in [-0.25, -0.2) is 0 Å². The van der Waals surface area contributed by atoms with Gasteiger partial charge in [0.15, 0.2) is 0 Å². The van der Waals surface area contributed by atoms with E-state index in [9.17, 15) is 14.4 Å². The molecule has 3 aliphatic rings. The summed E-state index contributed by atoms with van der Waals surface area (Å²) >= 11 is 0. The van der Waals surface area contributed by atoms with Gasteiger partial charge in [-0.1, -0.05) is 48.5 Å². The number of hydrogen-bond donors (Lipinski definition) is 2. The molecule has 0 unspecified atom stereocenters. The second-order valence-electron chi connectivity index (χ2n) is 9.66. The van der Waals surface area contributed by atoms with Gasteiger partial charge in [0.2, 0.25) is 5.91 Å². The number of para-hydroxylation sites is 2. The second kappa shape index (κ2) is 7.81. The standard InChI is InChI=1S/C29H24N4O3/c34-25(30-23-14-7-12-18-17-8-3-5-13-22(17)31-26(18)23)16-32-27-19-9-1-2-10-20(19)29(36)33(27)24-15-6-4-11-21(24)28(32)35/h1-6,8-11,13,15,23,27,31H,7,12,14,16H2,(H,30,34)/t23-,27+/m1/s1. The van der Waals surface area contributed by atoms with Gasteiger partial charge in [0.1, 0.15) is 12.7 Å². The highest BCUT2D eigenvalue weighted by atomic mass is 16.2. The number of amides is 3. The summed E-state index contributed by atoms with van der Waals surface area (Å²) in [6.45, 7) is -0.137. The van der Waals surface area contributed by atoms with Crippen molar-refractivity contribution in [2.75, 3.05) is 11.4 Å². The lowest BCUT2D eigenvalue weighted by molar-refractivity contribution is -0.123. The Morgan fingerprint density at radius 2 is 1.67 bits per heavy atom. The molecule has 3 heterocycles. The van der Waals surface area contributed by atoms with Gasteiger partial charge < -0.3 is 15.2 Å². The predicted molar refractivity (Wildman–Crippen MR) is 136 cm³/mol. The molecule has 36 heavy (non-hydrogen) atoms. The highest BCUT2D eigenvalue weighted by molar-refractivity contribution is 6.17. The number of aromatic amines is 1. The van der Waals surface area contributed by atoms with Crippen LogP contribution in [-0.4, -0.2) is 34.2 Å². The van der Waals surface area contributed by atoms with Crippen molar-refractivity contribution in [3.05, 3.63) is 101 Å². The number of carbonyl (C=O) groups is 3. The molecule has 4 aromatic rings. The fraction of sp³-hybridized carbons (Fsp3) is 0.207. The van der Waals surface area contributed by atoms with E-state index in [1.807, 2.05) is 36.4 Å². The average molecular weight is 477 g/mol. The number of aryl methyl sites for hydroxylation is 1. The smallest absolute Gasteiger partial charge is 0.260 e. The molecule has 0 radical (unpaired) electrons. The van der Waals surface area contributed by atoms with Crippen molar-refractivity contribution in [3.63, 3.8) is 0 Å². The maximum atomic E-state index is 13.6. The molecule has 0 bridgehead atoms. The Balaban J connectivity index is 1.22. The van der Waals surface area contributed by atoms with Gasteiger partial charge in [-0.15, -0.1) is 0 Å². The van der Waals surface area contributed by atoms with E-state index in [1.165, 1.54) is 15.8 Å². The Morgan fingerprint density at radius 3 is 2.56 bits per heavy atom. The summed E-state index contributed by atoms with van der Waals surface area (Å²) in [5.41, 5.74) is 5.70. The number of carbonyl (C=O) groups excluding carboxylic acids is 3. The zero-order valence-electron chi connectivity index (χ0n) is 19.5. The van der Waals surface area contributed by atoms with Crippen LogP contribution in [0.4, 0.5) is 5.69 Å². The Hall–Kier alpha value is -4.39. The van der Waals surface area contributed by atoms with Crippen LogP contribution in [0.1, 0.15) is 62.6 Å². The summed E-state index contributed by atoms with van der Waals surface area (Å²) in [4.78, 5) is 47.1. The zero-order chi connectivity index (χ0) is 24.4. The monoisotopic (exact) mass is 476 g/mol. The third-order valence-electron chi connectivity index (χ3n) is 7.65. The van der Waals surface area contributed by atoms with Gasteiger partial charge in [0.25, 0.3) is 11.8 Å². The van der Waals surface area contributed by atoms with Crippen LogP contribution in [0.5, 0.6) is 0 Å². The molecule has 0 spiro atoms. The van der Waals surface area contributed by atoms with Crippen LogP contribution in [0.2, 0.25) is 0 Å². The third kappa shape index (κ3) is 2.95. The van der Waals surface area contributed by atoms with Crippen LogP contribution in [0.3, 0.4) is 0 Å². The highest BCUT2D eigenvalue weighted by Crippen LogP contribution is 2.45. The molecule has 2 aliphatic heterocycles. The van der Waals surface area contributed by atoms with E-state index in [0.717, 1.165) is 36.0 Å². The first-order valence-electron chi connectivity index (χ1n) is 12.3. The molecule has 0 saturated heterocycles. The number of anilines is 1. The van der Waals surface area contributed by atoms with E-state index in [0.29, 0.717) is 16.8 Å². The zero-order valence-corrected chi connectivity index (χ0v) is 19.5. The van der Waals surface area contributed by atoms with E-state index in [-0.39, 0.29) is 30.3 Å².